The van der Waals surface area contributed by atoms with Gasteiger partial charge in [0.15, 0.2) is 0 Å². The number of nitrogens with one attached hydrogen (secondary N) is 1. The van der Waals surface area contributed by atoms with Crippen LogP contribution >= 0.6 is 0 Å². The summed E-state index contributed by atoms with van der Waals surface area (Å²) in [5.74, 6) is 0. The summed E-state index contributed by atoms with van der Waals surface area (Å²) in [5.41, 5.74) is 0. The molecule has 0 rings (SSSR count). The molecule has 0 bridgehead atoms. The smallest absolute Gasteiger partial charge is 0.361 e. The lowest BCUT2D eigenvalue weighted by atomic mass is 10.4. The molecule has 0 spiro atoms. The molecule has 0 radical (unpaired) electrons. The van der Waals surface area contributed by atoms with E-state index in [4.69, 9.17) is 13.3 Å². The standard InChI is InChI=1S/C11H27NO3Si/c1-6-9-10-15-16(13-7-2,14-8-3)12-11(4)5/h11-12H,6-10H2,1-5H3. The molecular formula is C11H27NO3Si. The van der Waals surface area contributed by atoms with E-state index in [-0.39, 0.29) is 0 Å². The highest BCUT2D eigenvalue weighted by Crippen LogP contribution is 2.09. The van der Waals surface area contributed by atoms with Crippen LogP contribution in [0.5, 0.6) is 0 Å². The van der Waals surface area contributed by atoms with Gasteiger partial charge in [0.1, 0.15) is 0 Å². The molecule has 0 heterocycles. The van der Waals surface area contributed by atoms with E-state index in [9.17, 15) is 0 Å². The highest BCUT2D eigenvalue weighted by atomic mass is 28.4. The molecule has 0 aromatic carbocycles. The molecule has 5 heteroatoms. The van der Waals surface area contributed by atoms with Gasteiger partial charge in [0.05, 0.1) is 0 Å². The van der Waals surface area contributed by atoms with Gasteiger partial charge >= 0.3 is 8.97 Å². The van der Waals surface area contributed by atoms with E-state index < -0.39 is 8.97 Å². The summed E-state index contributed by atoms with van der Waals surface area (Å²) in [7, 11) is -2.65. The first-order valence-corrected chi connectivity index (χ1v) is 8.02. The Labute approximate surface area is 101 Å². The molecule has 0 aliphatic rings. The van der Waals surface area contributed by atoms with Crippen molar-refractivity contribution in [1.29, 1.82) is 0 Å². The van der Waals surface area contributed by atoms with E-state index >= 15 is 0 Å². The van der Waals surface area contributed by atoms with Crippen molar-refractivity contribution in [2.45, 2.75) is 53.5 Å². The van der Waals surface area contributed by atoms with Gasteiger partial charge in [0.25, 0.3) is 0 Å². The van der Waals surface area contributed by atoms with Crippen molar-refractivity contribution in [1.82, 2.24) is 4.98 Å². The van der Waals surface area contributed by atoms with Gasteiger partial charge in [-0.15, -0.1) is 0 Å². The largest absolute Gasteiger partial charge is 0.596 e. The first kappa shape index (κ1) is 16.1. The Bertz CT molecular complexity index is 161. The van der Waals surface area contributed by atoms with Crippen molar-refractivity contribution >= 4 is 8.97 Å². The third-order valence-electron chi connectivity index (χ3n) is 1.92. The first-order valence-electron chi connectivity index (χ1n) is 6.29. The lowest BCUT2D eigenvalue weighted by Gasteiger charge is -2.30. The van der Waals surface area contributed by atoms with Gasteiger partial charge < -0.3 is 13.3 Å². The van der Waals surface area contributed by atoms with Crippen molar-refractivity contribution in [2.75, 3.05) is 19.8 Å². The molecule has 0 unspecified atom stereocenters. The Kier molecular flexibility index (Phi) is 9.16. The van der Waals surface area contributed by atoms with E-state index in [1.165, 1.54) is 0 Å². The highest BCUT2D eigenvalue weighted by molar-refractivity contribution is 6.58. The molecule has 0 fully saturated rings. The topological polar surface area (TPSA) is 39.7 Å². The molecular weight excluding hydrogens is 222 g/mol. The predicted octanol–water partition coefficient (Wildman–Crippen LogP) is 2.31. The Balaban J connectivity index is 4.37. The minimum atomic E-state index is -2.65. The molecule has 0 saturated heterocycles. The molecule has 4 nitrogen and oxygen atoms in total. The number of unbranched alkanes of at least 4 members (excludes halogenated alkanes) is 1. The molecule has 0 saturated carbocycles. The van der Waals surface area contributed by atoms with Crippen LogP contribution in [0.25, 0.3) is 0 Å². The van der Waals surface area contributed by atoms with Crippen LogP contribution in [-0.4, -0.2) is 34.8 Å². The zero-order chi connectivity index (χ0) is 12.4. The Hall–Kier alpha value is 0.0569. The van der Waals surface area contributed by atoms with E-state index in [0.29, 0.717) is 25.9 Å². The van der Waals surface area contributed by atoms with E-state index in [1.807, 2.05) is 13.8 Å². The SMILES string of the molecule is CCCCO[Si](NC(C)C)(OCC)OCC. The third-order valence-corrected chi connectivity index (χ3v) is 4.78. The van der Waals surface area contributed by atoms with E-state index in [0.717, 1.165) is 12.8 Å². The average molecular weight is 249 g/mol. The first-order chi connectivity index (χ1) is 7.60. The second-order valence-corrected chi connectivity index (χ2v) is 6.19. The molecule has 0 aliphatic heterocycles. The van der Waals surface area contributed by atoms with Crippen LogP contribution in [-0.2, 0) is 13.3 Å². The molecule has 0 aromatic heterocycles. The molecule has 0 amide bonds. The lowest BCUT2D eigenvalue weighted by Crippen LogP contribution is -2.61. The van der Waals surface area contributed by atoms with E-state index in [1.54, 1.807) is 0 Å². The molecule has 0 aliphatic carbocycles. The van der Waals surface area contributed by atoms with Crippen molar-refractivity contribution in [3.8, 4) is 0 Å². The van der Waals surface area contributed by atoms with Crippen molar-refractivity contribution < 1.29 is 13.3 Å². The second kappa shape index (κ2) is 9.12. The Morgan fingerprint density at radius 1 is 1.00 bits per heavy atom. The predicted molar refractivity (Wildman–Crippen MR) is 68.1 cm³/mol. The zero-order valence-corrected chi connectivity index (χ0v) is 12.3. The molecule has 16 heavy (non-hydrogen) atoms. The molecule has 98 valence electrons. The summed E-state index contributed by atoms with van der Waals surface area (Å²) in [5, 5.41) is 0. The fourth-order valence-electron chi connectivity index (χ4n) is 1.33. The van der Waals surface area contributed by atoms with Gasteiger partial charge in [-0.05, 0) is 20.3 Å². The summed E-state index contributed by atoms with van der Waals surface area (Å²) in [6.45, 7) is 12.1. The fraction of sp³-hybridized carbons (Fsp3) is 1.00. The average Bonchev–Trinajstić information content (AvgIpc) is 2.17. The summed E-state index contributed by atoms with van der Waals surface area (Å²) < 4.78 is 17.3. The summed E-state index contributed by atoms with van der Waals surface area (Å²) in [4.78, 5) is 3.33. The van der Waals surface area contributed by atoms with Gasteiger partial charge in [-0.1, -0.05) is 27.2 Å². The van der Waals surface area contributed by atoms with Crippen molar-refractivity contribution in [3.05, 3.63) is 0 Å². The minimum Gasteiger partial charge on any atom is -0.361 e. The number of hydrogen-bond donors (Lipinski definition) is 1. The lowest BCUT2D eigenvalue weighted by molar-refractivity contribution is 0.0525. The third kappa shape index (κ3) is 6.60. The molecule has 0 aromatic rings. The van der Waals surface area contributed by atoms with Crippen LogP contribution in [0.2, 0.25) is 0 Å². The quantitative estimate of drug-likeness (QED) is 0.476. The number of rotatable bonds is 10. The van der Waals surface area contributed by atoms with Crippen LogP contribution in [0.15, 0.2) is 0 Å². The van der Waals surface area contributed by atoms with Crippen molar-refractivity contribution in [2.24, 2.45) is 0 Å². The van der Waals surface area contributed by atoms with E-state index in [2.05, 4.69) is 25.8 Å². The highest BCUT2D eigenvalue weighted by Gasteiger charge is 2.42. The molecule has 0 atom stereocenters. The Morgan fingerprint density at radius 2 is 1.56 bits per heavy atom. The molecule has 1 N–H and O–H groups in total. The maximum atomic E-state index is 5.85. The zero-order valence-electron chi connectivity index (χ0n) is 11.3. The van der Waals surface area contributed by atoms with Crippen molar-refractivity contribution in [3.63, 3.8) is 0 Å². The maximum absolute atomic E-state index is 5.85. The van der Waals surface area contributed by atoms with Gasteiger partial charge in [-0.25, -0.2) is 0 Å². The monoisotopic (exact) mass is 249 g/mol. The van der Waals surface area contributed by atoms with Crippen LogP contribution in [0.1, 0.15) is 47.5 Å². The van der Waals surface area contributed by atoms with Gasteiger partial charge in [-0.2, -0.15) is 0 Å². The van der Waals surface area contributed by atoms with Gasteiger partial charge in [0, 0.05) is 25.9 Å². The normalized spacial score (nSPS) is 12.4. The maximum Gasteiger partial charge on any atom is 0.596 e. The van der Waals surface area contributed by atoms with Crippen LogP contribution in [0.4, 0.5) is 0 Å². The number of hydrogen-bond acceptors (Lipinski definition) is 4. The summed E-state index contributed by atoms with van der Waals surface area (Å²) in [6, 6.07) is 0.298. The van der Waals surface area contributed by atoms with Crippen LogP contribution < -0.4 is 4.98 Å². The minimum absolute atomic E-state index is 0.298. The fourth-order valence-corrected chi connectivity index (χ4v) is 3.71. The van der Waals surface area contributed by atoms with Gasteiger partial charge in [0.2, 0.25) is 0 Å². The Morgan fingerprint density at radius 3 is 1.94 bits per heavy atom. The van der Waals surface area contributed by atoms with Gasteiger partial charge in [-0.3, -0.25) is 4.98 Å². The summed E-state index contributed by atoms with van der Waals surface area (Å²) in [6.07, 6.45) is 2.15. The van der Waals surface area contributed by atoms with Crippen LogP contribution in [0.3, 0.4) is 0 Å². The second-order valence-electron chi connectivity index (χ2n) is 3.92. The summed E-state index contributed by atoms with van der Waals surface area (Å²) >= 11 is 0. The van der Waals surface area contributed by atoms with Crippen LogP contribution in [0, 0.1) is 0 Å².